The zero-order chi connectivity index (χ0) is 16.7. The average Bonchev–Trinajstić information content (AvgIpc) is 2.56. The van der Waals surface area contributed by atoms with Gasteiger partial charge in [-0.1, -0.05) is 19.1 Å². The van der Waals surface area contributed by atoms with Crippen LogP contribution in [0.4, 0.5) is 0 Å². The van der Waals surface area contributed by atoms with Gasteiger partial charge in [-0.15, -0.1) is 12.4 Å². The van der Waals surface area contributed by atoms with Crippen LogP contribution in [0.5, 0.6) is 5.75 Å². The third-order valence-electron chi connectivity index (χ3n) is 4.45. The highest BCUT2D eigenvalue weighted by Gasteiger charge is 2.22. The Morgan fingerprint density at radius 2 is 2.00 bits per heavy atom. The van der Waals surface area contributed by atoms with E-state index in [1.165, 1.54) is 12.8 Å². The number of benzene rings is 1. The third-order valence-corrected chi connectivity index (χ3v) is 5.10. The first kappa shape index (κ1) is 21.3. The van der Waals surface area contributed by atoms with Crippen LogP contribution in [0.2, 0.25) is 0 Å². The SMILES string of the molecule is CC(CNC(=O)CC(C)C1CCNCC1)Oc1ccccc1Br.Cl. The first-order valence-corrected chi connectivity index (χ1v) is 9.24. The normalized spacial score (nSPS) is 17.5. The number of hydrogen-bond donors (Lipinski definition) is 2. The summed E-state index contributed by atoms with van der Waals surface area (Å²) in [6.45, 7) is 6.84. The Hall–Kier alpha value is -0.780. The van der Waals surface area contributed by atoms with Gasteiger partial charge < -0.3 is 15.4 Å². The molecule has 0 aromatic heterocycles. The van der Waals surface area contributed by atoms with Crippen molar-refractivity contribution in [3.63, 3.8) is 0 Å². The van der Waals surface area contributed by atoms with Gasteiger partial charge in [-0.2, -0.15) is 0 Å². The van der Waals surface area contributed by atoms with Crippen LogP contribution in [0.15, 0.2) is 28.7 Å². The summed E-state index contributed by atoms with van der Waals surface area (Å²) >= 11 is 3.46. The van der Waals surface area contributed by atoms with Crippen molar-refractivity contribution in [1.82, 2.24) is 10.6 Å². The van der Waals surface area contributed by atoms with Crippen LogP contribution in [-0.4, -0.2) is 31.6 Å². The predicted molar refractivity (Wildman–Crippen MR) is 104 cm³/mol. The molecule has 4 nitrogen and oxygen atoms in total. The Kier molecular flexibility index (Phi) is 9.71. The molecule has 2 rings (SSSR count). The van der Waals surface area contributed by atoms with Gasteiger partial charge in [0.1, 0.15) is 11.9 Å². The van der Waals surface area contributed by atoms with Gasteiger partial charge in [0.2, 0.25) is 5.91 Å². The molecule has 1 aromatic carbocycles. The van der Waals surface area contributed by atoms with Gasteiger partial charge in [0, 0.05) is 6.42 Å². The number of carbonyl (C=O) groups is 1. The van der Waals surface area contributed by atoms with Crippen LogP contribution in [-0.2, 0) is 4.79 Å². The van der Waals surface area contributed by atoms with Gasteiger partial charge in [0.15, 0.2) is 0 Å². The van der Waals surface area contributed by atoms with E-state index in [1.54, 1.807) is 0 Å². The van der Waals surface area contributed by atoms with Crippen molar-refractivity contribution in [2.24, 2.45) is 11.8 Å². The minimum absolute atomic E-state index is 0. The molecule has 1 fully saturated rings. The van der Waals surface area contributed by atoms with E-state index in [2.05, 4.69) is 33.5 Å². The van der Waals surface area contributed by atoms with E-state index < -0.39 is 0 Å². The van der Waals surface area contributed by atoms with Crippen molar-refractivity contribution in [3.8, 4) is 5.75 Å². The van der Waals surface area contributed by atoms with E-state index in [0.29, 0.717) is 24.8 Å². The second kappa shape index (κ2) is 11.0. The number of hydrogen-bond acceptors (Lipinski definition) is 3. The van der Waals surface area contributed by atoms with Crippen molar-refractivity contribution in [2.45, 2.75) is 39.2 Å². The van der Waals surface area contributed by atoms with Crippen LogP contribution < -0.4 is 15.4 Å². The van der Waals surface area contributed by atoms with Gasteiger partial charge in [0.05, 0.1) is 11.0 Å². The molecular formula is C18H28BrClN2O2. The maximum absolute atomic E-state index is 12.1. The van der Waals surface area contributed by atoms with E-state index in [1.807, 2.05) is 31.2 Å². The number of amides is 1. The minimum Gasteiger partial charge on any atom is -0.488 e. The lowest BCUT2D eigenvalue weighted by Gasteiger charge is -2.28. The van der Waals surface area contributed by atoms with Gasteiger partial charge in [-0.25, -0.2) is 0 Å². The molecule has 2 unspecified atom stereocenters. The fourth-order valence-corrected chi connectivity index (χ4v) is 3.38. The Morgan fingerprint density at radius 1 is 1.33 bits per heavy atom. The average molecular weight is 420 g/mol. The lowest BCUT2D eigenvalue weighted by Crippen LogP contribution is -2.36. The summed E-state index contributed by atoms with van der Waals surface area (Å²) in [5, 5.41) is 6.37. The quantitative estimate of drug-likeness (QED) is 0.707. The summed E-state index contributed by atoms with van der Waals surface area (Å²) in [6, 6.07) is 7.75. The number of rotatable bonds is 7. The first-order chi connectivity index (χ1) is 11.1. The maximum Gasteiger partial charge on any atom is 0.220 e. The summed E-state index contributed by atoms with van der Waals surface area (Å²) < 4.78 is 6.78. The number of nitrogens with one attached hydrogen (secondary N) is 2. The Balaban J connectivity index is 0.00000288. The Morgan fingerprint density at radius 3 is 2.67 bits per heavy atom. The van der Waals surface area contributed by atoms with Gasteiger partial charge in [0.25, 0.3) is 0 Å². The second-order valence-corrected chi connectivity index (χ2v) is 7.29. The Bertz CT molecular complexity index is 510. The van der Waals surface area contributed by atoms with E-state index >= 15 is 0 Å². The molecule has 0 saturated carbocycles. The fraction of sp³-hybridized carbons (Fsp3) is 0.611. The molecule has 1 aromatic rings. The second-order valence-electron chi connectivity index (χ2n) is 6.43. The van der Waals surface area contributed by atoms with Crippen molar-refractivity contribution < 1.29 is 9.53 Å². The monoisotopic (exact) mass is 418 g/mol. The molecule has 136 valence electrons. The summed E-state index contributed by atoms with van der Waals surface area (Å²) in [4.78, 5) is 12.1. The van der Waals surface area contributed by atoms with E-state index in [0.717, 1.165) is 23.3 Å². The standard InChI is InChI=1S/C18H27BrN2O2.ClH/c1-13(15-7-9-20-10-8-15)11-18(22)21-12-14(2)23-17-6-4-3-5-16(17)19;/h3-6,13-15,20H,7-12H2,1-2H3,(H,21,22);1H. The third kappa shape index (κ3) is 6.99. The molecule has 6 heteroatoms. The first-order valence-electron chi connectivity index (χ1n) is 8.45. The van der Waals surface area contributed by atoms with E-state index in [9.17, 15) is 4.79 Å². The van der Waals surface area contributed by atoms with Crippen molar-refractivity contribution in [3.05, 3.63) is 28.7 Å². The maximum atomic E-state index is 12.1. The van der Waals surface area contributed by atoms with Crippen LogP contribution in [0, 0.1) is 11.8 Å². The topological polar surface area (TPSA) is 50.4 Å². The molecule has 1 aliphatic heterocycles. The molecule has 2 atom stereocenters. The zero-order valence-electron chi connectivity index (χ0n) is 14.4. The van der Waals surface area contributed by atoms with Crippen LogP contribution in [0.25, 0.3) is 0 Å². The smallest absolute Gasteiger partial charge is 0.220 e. The van der Waals surface area contributed by atoms with Crippen LogP contribution in [0.1, 0.15) is 33.1 Å². The molecule has 0 radical (unpaired) electrons. The summed E-state index contributed by atoms with van der Waals surface area (Å²) in [5.41, 5.74) is 0. The molecule has 0 spiro atoms. The highest BCUT2D eigenvalue weighted by Crippen LogP contribution is 2.25. The van der Waals surface area contributed by atoms with Crippen molar-refractivity contribution in [1.29, 1.82) is 0 Å². The largest absolute Gasteiger partial charge is 0.488 e. The van der Waals surface area contributed by atoms with E-state index in [4.69, 9.17) is 4.74 Å². The highest BCUT2D eigenvalue weighted by molar-refractivity contribution is 9.10. The number of halogens is 2. The molecule has 1 heterocycles. The lowest BCUT2D eigenvalue weighted by atomic mass is 9.84. The van der Waals surface area contributed by atoms with Gasteiger partial charge >= 0.3 is 0 Å². The van der Waals surface area contributed by atoms with Crippen LogP contribution >= 0.6 is 28.3 Å². The minimum atomic E-state index is -0.0631. The summed E-state index contributed by atoms with van der Waals surface area (Å²) in [7, 11) is 0. The number of carbonyl (C=O) groups excluding carboxylic acids is 1. The van der Waals surface area contributed by atoms with Crippen molar-refractivity contribution in [2.75, 3.05) is 19.6 Å². The number of para-hydroxylation sites is 1. The number of ether oxygens (including phenoxy) is 1. The fourth-order valence-electron chi connectivity index (χ4n) is 3.00. The number of piperidine rings is 1. The molecule has 1 saturated heterocycles. The van der Waals surface area contributed by atoms with E-state index in [-0.39, 0.29) is 24.4 Å². The van der Waals surface area contributed by atoms with Gasteiger partial charge in [-0.3, -0.25) is 4.79 Å². The van der Waals surface area contributed by atoms with Gasteiger partial charge in [-0.05, 0) is 72.8 Å². The molecule has 1 aliphatic rings. The summed E-state index contributed by atoms with van der Waals surface area (Å²) in [5.74, 6) is 2.03. The predicted octanol–water partition coefficient (Wildman–Crippen LogP) is 3.78. The molecular weight excluding hydrogens is 392 g/mol. The molecule has 1 amide bonds. The van der Waals surface area contributed by atoms with Crippen molar-refractivity contribution >= 4 is 34.2 Å². The molecule has 0 bridgehead atoms. The van der Waals surface area contributed by atoms with Crippen LogP contribution in [0.3, 0.4) is 0 Å². The molecule has 0 aliphatic carbocycles. The zero-order valence-corrected chi connectivity index (χ0v) is 16.8. The Labute approximate surface area is 159 Å². The molecule has 2 N–H and O–H groups in total. The summed E-state index contributed by atoms with van der Waals surface area (Å²) in [6.07, 6.45) is 2.89. The molecule has 24 heavy (non-hydrogen) atoms. The lowest BCUT2D eigenvalue weighted by molar-refractivity contribution is -0.122. The highest BCUT2D eigenvalue weighted by atomic mass is 79.9.